The molecule has 2 radical (unpaired) electrons. The van der Waals surface area contributed by atoms with E-state index in [9.17, 15) is 0 Å². The summed E-state index contributed by atoms with van der Waals surface area (Å²) in [4.78, 5) is 0. The average molecular weight is 442 g/mol. The van der Waals surface area contributed by atoms with E-state index < -0.39 is 8.07 Å². The van der Waals surface area contributed by atoms with Gasteiger partial charge in [0.25, 0.3) is 0 Å². The Morgan fingerprint density at radius 2 is 0.917 bits per heavy atom. The van der Waals surface area contributed by atoms with Crippen molar-refractivity contribution in [3.63, 3.8) is 0 Å². The summed E-state index contributed by atoms with van der Waals surface area (Å²) in [5.41, 5.74) is 3.24. The maximum absolute atomic E-state index is 7.50. The molecule has 0 amide bonds. The molecule has 0 saturated carbocycles. The van der Waals surface area contributed by atoms with Gasteiger partial charge >= 0.3 is 67.8 Å². The molecule has 0 N–H and O–H groups in total. The van der Waals surface area contributed by atoms with Crippen LogP contribution in [0.15, 0.2) is 0 Å². The van der Waals surface area contributed by atoms with E-state index in [0.717, 1.165) is 0 Å². The first-order valence-electron chi connectivity index (χ1n) is 4.73. The maximum atomic E-state index is 7.50. The Kier molecular flexibility index (Phi) is 188. The molecular weight excluding hydrogens is 426 g/mol. The Bertz CT molecular complexity index is 322. The van der Waals surface area contributed by atoms with Gasteiger partial charge in [0.05, 0.1) is 0 Å². The SMILES string of the molecule is COC(C)C#C[Si](C)(C)C.[C-]#[O+].[C-]#[O+].[C-]#[O+].[C-]#[O+].[C-]#[O+].[C-]#[O+].[Co].[Co]. The summed E-state index contributed by atoms with van der Waals surface area (Å²) >= 11 is 0. The van der Waals surface area contributed by atoms with Crippen LogP contribution in [0.3, 0.4) is 0 Å². The Morgan fingerprint density at radius 1 is 0.708 bits per heavy atom. The van der Waals surface area contributed by atoms with Gasteiger partial charge in [0.15, 0.2) is 0 Å². The monoisotopic (exact) mass is 442 g/mol. The van der Waals surface area contributed by atoms with Gasteiger partial charge in [-0.3, -0.25) is 0 Å². The van der Waals surface area contributed by atoms with Gasteiger partial charge in [0.2, 0.25) is 0 Å². The van der Waals surface area contributed by atoms with Crippen LogP contribution in [-0.4, -0.2) is 21.3 Å². The first kappa shape index (κ1) is 56.7. The van der Waals surface area contributed by atoms with Crippen molar-refractivity contribution in [1.82, 2.24) is 0 Å². The molecule has 0 bridgehead atoms. The summed E-state index contributed by atoms with van der Waals surface area (Å²) in [6.07, 6.45) is 0.0896. The van der Waals surface area contributed by atoms with Crippen molar-refractivity contribution >= 4 is 8.07 Å². The third kappa shape index (κ3) is 167. The van der Waals surface area contributed by atoms with E-state index >= 15 is 0 Å². The van der Waals surface area contributed by atoms with Gasteiger partial charge < -0.3 is 4.74 Å². The van der Waals surface area contributed by atoms with E-state index in [1.54, 1.807) is 7.11 Å². The Morgan fingerprint density at radius 3 is 1.04 bits per heavy atom. The molecular formula is C14H16Co2O7Si. The molecule has 1 unspecified atom stereocenters. The molecule has 136 valence electrons. The normalized spacial score (nSPS) is 6.21. The van der Waals surface area contributed by atoms with Gasteiger partial charge in [0.1, 0.15) is 14.2 Å². The van der Waals surface area contributed by atoms with Crippen molar-refractivity contribution < 1.29 is 66.2 Å². The molecule has 0 aliphatic carbocycles. The van der Waals surface area contributed by atoms with Crippen LogP contribution in [0.5, 0.6) is 0 Å². The van der Waals surface area contributed by atoms with Crippen molar-refractivity contribution in [1.29, 1.82) is 0 Å². The van der Waals surface area contributed by atoms with E-state index in [-0.39, 0.29) is 39.7 Å². The van der Waals surface area contributed by atoms with Crippen LogP contribution in [0, 0.1) is 51.4 Å². The van der Waals surface area contributed by atoms with Crippen LogP contribution in [0.1, 0.15) is 6.92 Å². The predicted molar refractivity (Wildman–Crippen MR) is 71.2 cm³/mol. The number of methoxy groups -OCH3 is 1. The molecule has 0 aromatic rings. The molecule has 0 rings (SSSR count). The van der Waals surface area contributed by atoms with Crippen molar-refractivity contribution in [2.45, 2.75) is 32.7 Å². The molecule has 0 heterocycles. The second-order valence-corrected chi connectivity index (χ2v) is 8.15. The summed E-state index contributed by atoms with van der Waals surface area (Å²) in [5.74, 6) is 3.06. The quantitative estimate of drug-likeness (QED) is 0.260. The largest absolute Gasteiger partial charge is 0 e. The third-order valence-electron chi connectivity index (χ3n) is 1.00. The molecule has 1 atom stereocenters. The van der Waals surface area contributed by atoms with Crippen molar-refractivity contribution in [2.75, 3.05) is 7.11 Å². The summed E-state index contributed by atoms with van der Waals surface area (Å²) in [7, 11) is 0.507. The molecule has 7 nitrogen and oxygen atoms in total. The molecule has 24 heavy (non-hydrogen) atoms. The second-order valence-electron chi connectivity index (χ2n) is 3.40. The first-order valence-corrected chi connectivity index (χ1v) is 8.23. The molecule has 0 fully saturated rings. The van der Waals surface area contributed by atoms with Crippen LogP contribution < -0.4 is 0 Å². The fourth-order valence-corrected chi connectivity index (χ4v) is 1.01. The summed E-state index contributed by atoms with van der Waals surface area (Å²) in [5, 5.41) is 0. The van der Waals surface area contributed by atoms with Crippen LogP contribution >= 0.6 is 0 Å². The smallest absolute Gasteiger partial charge is 0 e. The topological polar surface area (TPSA) is 129 Å². The first-order chi connectivity index (χ1) is 10.5. The van der Waals surface area contributed by atoms with Crippen molar-refractivity contribution in [3.05, 3.63) is 39.9 Å². The minimum atomic E-state index is -1.18. The second kappa shape index (κ2) is 79.6. The van der Waals surface area contributed by atoms with E-state index in [1.165, 1.54) is 0 Å². The zero-order valence-electron chi connectivity index (χ0n) is 13.6. The molecule has 10 heteroatoms. The zero-order chi connectivity index (χ0) is 20.2. The van der Waals surface area contributed by atoms with Crippen LogP contribution in [0.2, 0.25) is 19.6 Å². The van der Waals surface area contributed by atoms with Gasteiger partial charge in [-0.1, -0.05) is 25.6 Å². The minimum Gasteiger partial charge on any atom is 0 e. The van der Waals surface area contributed by atoms with Gasteiger partial charge in [-0.15, -0.1) is 5.54 Å². The van der Waals surface area contributed by atoms with E-state index in [2.05, 4.69) is 71.0 Å². The molecule has 0 aromatic carbocycles. The fraction of sp³-hybridized carbons (Fsp3) is 0.429. The number of rotatable bonds is 1. The molecule has 0 aliphatic rings. The Balaban J connectivity index is -0.0000000196. The van der Waals surface area contributed by atoms with Gasteiger partial charge in [-0.25, -0.2) is 0 Å². The summed E-state index contributed by atoms with van der Waals surface area (Å²) in [6.45, 7) is 35.6. The third-order valence-corrected chi connectivity index (χ3v) is 1.90. The van der Waals surface area contributed by atoms with E-state index in [4.69, 9.17) is 32.6 Å². The predicted octanol–water partition coefficient (Wildman–Crippen LogP) is 1.67. The Labute approximate surface area is 165 Å². The summed E-state index contributed by atoms with van der Waals surface area (Å²) < 4.78 is 50.0. The standard InChI is InChI=1S/C8H16OSi.6CO.2Co/c1-8(9-2)6-7-10(3,4)5;6*1-2;;/h8H,1-5H3;;;;;;;;. The molecule has 0 aromatic heterocycles. The van der Waals surface area contributed by atoms with E-state index in [0.29, 0.717) is 0 Å². The van der Waals surface area contributed by atoms with Crippen LogP contribution in [0.25, 0.3) is 0 Å². The maximum Gasteiger partial charge on any atom is 0 e. The van der Waals surface area contributed by atoms with Gasteiger partial charge in [-0.2, -0.15) is 0 Å². The average Bonchev–Trinajstić information content (AvgIpc) is 2.62. The van der Waals surface area contributed by atoms with Gasteiger partial charge in [-0.05, 0) is 6.92 Å². The fourth-order valence-electron chi connectivity index (χ4n) is 0.377. The zero-order valence-corrected chi connectivity index (χ0v) is 16.7. The van der Waals surface area contributed by atoms with Crippen LogP contribution in [0.4, 0.5) is 0 Å². The number of hydrogen-bond donors (Lipinski definition) is 0. The van der Waals surface area contributed by atoms with E-state index in [1.807, 2.05) is 6.92 Å². The van der Waals surface area contributed by atoms with Crippen molar-refractivity contribution in [2.24, 2.45) is 0 Å². The number of hydrogen-bond acceptors (Lipinski definition) is 1. The van der Waals surface area contributed by atoms with Gasteiger partial charge in [0, 0.05) is 40.7 Å². The molecule has 0 aliphatic heterocycles. The number of ether oxygens (including phenoxy) is 1. The summed E-state index contributed by atoms with van der Waals surface area (Å²) in [6, 6.07) is 0. The van der Waals surface area contributed by atoms with Crippen LogP contribution in [-0.2, 0) is 66.2 Å². The minimum absolute atomic E-state index is 0. The molecule has 0 spiro atoms. The molecule has 0 saturated heterocycles. The Hall–Kier alpha value is -0.810. The van der Waals surface area contributed by atoms with Crippen molar-refractivity contribution in [3.8, 4) is 11.5 Å².